The maximum atomic E-state index is 13.4. The molecule has 1 aliphatic carbocycles. The third-order valence-electron chi connectivity index (χ3n) is 9.26. The summed E-state index contributed by atoms with van der Waals surface area (Å²) in [5.74, 6) is 1.35. The Bertz CT molecular complexity index is 1250. The zero-order chi connectivity index (χ0) is 37.6. The van der Waals surface area contributed by atoms with Crippen LogP contribution in [0.15, 0.2) is 72.4 Å². The van der Waals surface area contributed by atoms with Gasteiger partial charge in [-0.3, -0.25) is 19.7 Å². The summed E-state index contributed by atoms with van der Waals surface area (Å²) in [6, 6.07) is 20.0. The number of aliphatic hydroxyl groups excluding tert-OH is 1. The molecule has 2 fully saturated rings. The number of amides is 1. The fourth-order valence-electron chi connectivity index (χ4n) is 6.79. The number of fused-ring (bicyclic) bond motifs is 1. The lowest BCUT2D eigenvalue weighted by molar-refractivity contribution is -0.152. The largest absolute Gasteiger partial charge is 0.390 e. The Hall–Kier alpha value is -3.12. The van der Waals surface area contributed by atoms with Crippen LogP contribution in [0.5, 0.6) is 0 Å². The van der Waals surface area contributed by atoms with E-state index in [0.29, 0.717) is 24.8 Å². The first kappa shape index (κ1) is 44.0. The van der Waals surface area contributed by atoms with Gasteiger partial charge in [-0.1, -0.05) is 91.6 Å². The van der Waals surface area contributed by atoms with Crippen molar-refractivity contribution in [3.63, 3.8) is 0 Å². The van der Waals surface area contributed by atoms with E-state index in [4.69, 9.17) is 5.21 Å². The number of carbonyl (C=O) groups excluding carboxylic acids is 2. The van der Waals surface area contributed by atoms with Crippen LogP contribution in [0.1, 0.15) is 91.2 Å². The maximum Gasteiger partial charge on any atom is 0.237 e. The lowest BCUT2D eigenvalue weighted by Gasteiger charge is -2.47. The molecule has 0 spiro atoms. The third kappa shape index (κ3) is 17.8. The molecule has 1 saturated carbocycles. The summed E-state index contributed by atoms with van der Waals surface area (Å²) in [5, 5.41) is 29.4. The highest BCUT2D eigenvalue weighted by Crippen LogP contribution is 2.39. The van der Waals surface area contributed by atoms with Crippen molar-refractivity contribution < 1.29 is 24.7 Å². The lowest BCUT2D eigenvalue weighted by Crippen LogP contribution is -2.60. The predicted octanol–water partition coefficient (Wildman–Crippen LogP) is 5.59. The number of rotatable bonds is 15. The Balaban J connectivity index is 0.000000462. The summed E-state index contributed by atoms with van der Waals surface area (Å²) in [4.78, 5) is 30.0. The molecule has 10 heteroatoms. The number of aldehydes is 1. The van der Waals surface area contributed by atoms with Gasteiger partial charge in [0.25, 0.3) is 0 Å². The van der Waals surface area contributed by atoms with Crippen LogP contribution in [0.4, 0.5) is 0 Å². The van der Waals surface area contributed by atoms with Gasteiger partial charge in [0.05, 0.1) is 24.3 Å². The molecule has 0 radical (unpaired) electrons. The molecule has 2 aromatic carbocycles. The molecule has 10 nitrogen and oxygen atoms in total. The summed E-state index contributed by atoms with van der Waals surface area (Å²) in [7, 11) is 1.93. The average molecular weight is 710 g/mol. The highest BCUT2D eigenvalue weighted by atomic mass is 16.8. The minimum Gasteiger partial charge on any atom is -0.390 e. The molecule has 51 heavy (non-hydrogen) atoms. The number of carbonyl (C=O) groups is 2. The number of benzene rings is 2. The van der Waals surface area contributed by atoms with E-state index < -0.39 is 6.10 Å². The van der Waals surface area contributed by atoms with Gasteiger partial charge in [0.15, 0.2) is 0 Å². The SMILES string of the molecule is C/C=C(\CNC)NC(Cc1ccccc1)C(O)CN1CC2CCCCC2CC1C(=O)NC(C)(C)C.CC(C)ONO.O=CCCc1ccccc1. The van der Waals surface area contributed by atoms with Gasteiger partial charge in [-0.2, -0.15) is 0 Å². The molecule has 5 atom stereocenters. The second-order valence-corrected chi connectivity index (χ2v) is 15.1. The van der Waals surface area contributed by atoms with E-state index in [2.05, 4.69) is 43.9 Å². The summed E-state index contributed by atoms with van der Waals surface area (Å²) < 4.78 is 0. The van der Waals surface area contributed by atoms with Crippen LogP contribution in [0.3, 0.4) is 0 Å². The van der Waals surface area contributed by atoms with Gasteiger partial charge in [-0.25, -0.2) is 0 Å². The number of allylic oxidation sites excluding steroid dienone is 1. The minimum absolute atomic E-state index is 0.0370. The van der Waals surface area contributed by atoms with Crippen LogP contribution in [0, 0.1) is 11.8 Å². The van der Waals surface area contributed by atoms with Crippen molar-refractivity contribution in [2.75, 3.05) is 26.7 Å². The van der Waals surface area contributed by atoms with E-state index in [1.807, 2.05) is 97.1 Å². The molecule has 286 valence electrons. The van der Waals surface area contributed by atoms with Gasteiger partial charge in [0, 0.05) is 37.3 Å². The van der Waals surface area contributed by atoms with Crippen LogP contribution < -0.4 is 21.6 Å². The number of hydrogen-bond acceptors (Lipinski definition) is 9. The molecule has 2 aliphatic rings. The molecule has 0 aromatic heterocycles. The molecular weight excluding hydrogens is 642 g/mol. The van der Waals surface area contributed by atoms with Crippen molar-refractivity contribution in [1.29, 1.82) is 0 Å². The smallest absolute Gasteiger partial charge is 0.237 e. The molecule has 0 bridgehead atoms. The first-order valence-electron chi connectivity index (χ1n) is 18.8. The predicted molar refractivity (Wildman–Crippen MR) is 206 cm³/mol. The fourth-order valence-corrected chi connectivity index (χ4v) is 6.79. The molecule has 4 rings (SSSR count). The number of nitrogens with zero attached hydrogens (tertiary/aromatic N) is 1. The highest BCUT2D eigenvalue weighted by molar-refractivity contribution is 5.82. The van der Waals surface area contributed by atoms with Gasteiger partial charge < -0.3 is 25.9 Å². The first-order valence-corrected chi connectivity index (χ1v) is 18.8. The van der Waals surface area contributed by atoms with Crippen LogP contribution in [-0.4, -0.2) is 83.9 Å². The summed E-state index contributed by atoms with van der Waals surface area (Å²) in [6.45, 7) is 13.9. The molecule has 6 N–H and O–H groups in total. The van der Waals surface area contributed by atoms with Gasteiger partial charge in [-0.05, 0) is 97.2 Å². The fraction of sp³-hybridized carbons (Fsp3) is 0.610. The van der Waals surface area contributed by atoms with Gasteiger partial charge >= 0.3 is 0 Å². The van der Waals surface area contributed by atoms with Crippen molar-refractivity contribution in [2.24, 2.45) is 11.8 Å². The highest BCUT2D eigenvalue weighted by Gasteiger charge is 2.41. The number of aryl methyl sites for hydroxylation is 1. The maximum absolute atomic E-state index is 13.4. The van der Waals surface area contributed by atoms with Crippen LogP contribution in [0.25, 0.3) is 0 Å². The molecule has 1 heterocycles. The second-order valence-electron chi connectivity index (χ2n) is 15.1. The normalized spacial score (nSPS) is 20.4. The number of piperidine rings is 1. The van der Waals surface area contributed by atoms with Gasteiger partial charge in [0.1, 0.15) is 6.29 Å². The van der Waals surface area contributed by atoms with E-state index in [-0.39, 0.29) is 29.6 Å². The zero-order valence-electron chi connectivity index (χ0n) is 32.2. The molecule has 1 saturated heterocycles. The number of hydrogen-bond donors (Lipinski definition) is 6. The summed E-state index contributed by atoms with van der Waals surface area (Å²) in [5.41, 5.74) is 4.79. The van der Waals surface area contributed by atoms with Gasteiger partial charge in [0.2, 0.25) is 5.91 Å². The number of nitrogens with one attached hydrogen (secondary N) is 4. The number of likely N-dealkylation sites (N-methyl/N-ethyl adjacent to an activating group) is 1. The average Bonchev–Trinajstić information content (AvgIpc) is 3.10. The quantitative estimate of drug-likeness (QED) is 0.103. The minimum atomic E-state index is -0.605. The second kappa shape index (κ2) is 24.2. The first-order chi connectivity index (χ1) is 24.4. The lowest BCUT2D eigenvalue weighted by atomic mass is 9.72. The Morgan fingerprint density at radius 3 is 2.12 bits per heavy atom. The summed E-state index contributed by atoms with van der Waals surface area (Å²) >= 11 is 0. The standard InChI is InChI=1S/C29H48N4O2.C9H10O.C3H9NO2/c1-6-24(18-30-5)31-25(16-21-12-8-7-9-13-21)27(34)20-33-19-23-15-11-10-14-22(23)17-26(33)28(35)32-29(2,3)4;10-8-4-7-9-5-2-1-3-6-9;1-3(2)6-4-5/h6-9,12-13,22-23,25-27,30-31,34H,10-11,14-20H2,1-5H3,(H,32,35);1-3,5-6,8H,4,7H2;3-5H,1-2H3/b24-6+;;. The van der Waals surface area contributed by atoms with Crippen molar-refractivity contribution in [3.05, 3.63) is 83.6 Å². The zero-order valence-corrected chi connectivity index (χ0v) is 32.2. The molecular formula is C41H67N5O5. The number of likely N-dealkylation sites (tertiary alicyclic amines) is 1. The Kier molecular flexibility index (Phi) is 20.9. The Morgan fingerprint density at radius 2 is 1.61 bits per heavy atom. The Morgan fingerprint density at radius 1 is 1.00 bits per heavy atom. The van der Waals surface area contributed by atoms with Crippen LogP contribution in [0.2, 0.25) is 0 Å². The Labute approximate surface area is 307 Å². The molecule has 1 amide bonds. The van der Waals surface area contributed by atoms with Crippen molar-refractivity contribution in [2.45, 2.75) is 123 Å². The summed E-state index contributed by atoms with van der Waals surface area (Å²) in [6.07, 6.45) is 10.6. The van der Waals surface area contributed by atoms with E-state index >= 15 is 0 Å². The third-order valence-corrected chi connectivity index (χ3v) is 9.26. The number of aliphatic hydroxyl groups is 1. The van der Waals surface area contributed by atoms with E-state index in [0.717, 1.165) is 44.3 Å². The van der Waals surface area contributed by atoms with Crippen molar-refractivity contribution in [3.8, 4) is 0 Å². The van der Waals surface area contributed by atoms with Crippen molar-refractivity contribution >= 4 is 12.2 Å². The van der Waals surface area contributed by atoms with Crippen LogP contribution >= 0.6 is 0 Å². The van der Waals surface area contributed by atoms with Crippen molar-refractivity contribution in [1.82, 2.24) is 26.5 Å². The van der Waals surface area contributed by atoms with Gasteiger partial charge in [-0.15, -0.1) is 0 Å². The topological polar surface area (TPSA) is 135 Å². The van der Waals surface area contributed by atoms with E-state index in [1.165, 1.54) is 36.8 Å². The van der Waals surface area contributed by atoms with E-state index in [9.17, 15) is 14.7 Å². The molecule has 1 aliphatic heterocycles. The van der Waals surface area contributed by atoms with Crippen LogP contribution in [-0.2, 0) is 27.3 Å². The molecule has 2 aromatic rings. The molecule has 5 unspecified atom stereocenters. The van der Waals surface area contributed by atoms with E-state index in [1.54, 1.807) is 5.64 Å². The number of β-amino-alcohol motifs (C(OH)–C–C–N with tert-alkyl or cyclic N) is 1. The monoisotopic (exact) mass is 710 g/mol.